The third kappa shape index (κ3) is 1.95. The number of halogens is 1. The molecule has 0 amide bonds. The smallest absolute Gasteiger partial charge is 0.170 e. The standard InChI is InChI=1S/C16H13ClO/c17-13-8-5-12(6-9-13)16(18)15-10-7-11-3-1-2-4-14(11)15/h1-6,8-9,15H,7,10H2. The largest absolute Gasteiger partial charge is 0.293 e. The molecule has 0 saturated heterocycles. The van der Waals surface area contributed by atoms with E-state index in [1.807, 2.05) is 24.3 Å². The summed E-state index contributed by atoms with van der Waals surface area (Å²) in [6.07, 6.45) is 1.92. The third-order valence-electron chi connectivity index (χ3n) is 3.58. The summed E-state index contributed by atoms with van der Waals surface area (Å²) in [7, 11) is 0. The number of ketones is 1. The van der Waals surface area contributed by atoms with Gasteiger partial charge in [0.05, 0.1) is 0 Å². The van der Waals surface area contributed by atoms with Gasteiger partial charge < -0.3 is 0 Å². The molecule has 0 aromatic heterocycles. The van der Waals surface area contributed by atoms with Crippen molar-refractivity contribution < 1.29 is 4.79 Å². The third-order valence-corrected chi connectivity index (χ3v) is 3.83. The first-order chi connectivity index (χ1) is 8.75. The first-order valence-corrected chi connectivity index (χ1v) is 6.51. The zero-order chi connectivity index (χ0) is 12.5. The van der Waals surface area contributed by atoms with Crippen molar-refractivity contribution in [3.63, 3.8) is 0 Å². The van der Waals surface area contributed by atoms with E-state index < -0.39 is 0 Å². The quantitative estimate of drug-likeness (QED) is 0.734. The van der Waals surface area contributed by atoms with Crippen molar-refractivity contribution in [3.8, 4) is 0 Å². The molecule has 18 heavy (non-hydrogen) atoms. The Morgan fingerprint density at radius 1 is 1.06 bits per heavy atom. The lowest BCUT2D eigenvalue weighted by Crippen LogP contribution is -2.09. The molecule has 2 aromatic rings. The number of carbonyl (C=O) groups excluding carboxylic acids is 1. The lowest BCUT2D eigenvalue weighted by molar-refractivity contribution is 0.0959. The number of Topliss-reactive ketones (excluding diaryl/α,β-unsaturated/α-hetero) is 1. The number of hydrogen-bond acceptors (Lipinski definition) is 1. The van der Waals surface area contributed by atoms with Gasteiger partial charge in [0.15, 0.2) is 5.78 Å². The van der Waals surface area contributed by atoms with Crippen molar-refractivity contribution in [2.75, 3.05) is 0 Å². The number of hydrogen-bond donors (Lipinski definition) is 0. The highest BCUT2D eigenvalue weighted by Gasteiger charge is 2.28. The molecule has 90 valence electrons. The highest BCUT2D eigenvalue weighted by molar-refractivity contribution is 6.30. The molecule has 1 nitrogen and oxygen atoms in total. The summed E-state index contributed by atoms with van der Waals surface area (Å²) >= 11 is 5.85. The Morgan fingerprint density at radius 2 is 1.78 bits per heavy atom. The van der Waals surface area contributed by atoms with Crippen molar-refractivity contribution in [3.05, 3.63) is 70.2 Å². The maximum Gasteiger partial charge on any atom is 0.170 e. The van der Waals surface area contributed by atoms with E-state index in [4.69, 9.17) is 11.6 Å². The van der Waals surface area contributed by atoms with Gasteiger partial charge in [-0.3, -0.25) is 4.79 Å². The number of rotatable bonds is 2. The zero-order valence-electron chi connectivity index (χ0n) is 9.90. The van der Waals surface area contributed by atoms with Gasteiger partial charge in [-0.05, 0) is 48.2 Å². The van der Waals surface area contributed by atoms with E-state index in [0.717, 1.165) is 18.4 Å². The van der Waals surface area contributed by atoms with E-state index >= 15 is 0 Å². The van der Waals surface area contributed by atoms with Crippen LogP contribution in [0.15, 0.2) is 48.5 Å². The molecule has 2 aromatic carbocycles. The van der Waals surface area contributed by atoms with Gasteiger partial charge in [-0.2, -0.15) is 0 Å². The van der Waals surface area contributed by atoms with E-state index in [9.17, 15) is 4.79 Å². The highest BCUT2D eigenvalue weighted by Crippen LogP contribution is 2.35. The van der Waals surface area contributed by atoms with Gasteiger partial charge in [0, 0.05) is 16.5 Å². The van der Waals surface area contributed by atoms with Crippen LogP contribution in [-0.2, 0) is 6.42 Å². The number of benzene rings is 2. The first-order valence-electron chi connectivity index (χ1n) is 6.13. The monoisotopic (exact) mass is 256 g/mol. The molecular weight excluding hydrogens is 244 g/mol. The molecule has 0 heterocycles. The van der Waals surface area contributed by atoms with E-state index in [2.05, 4.69) is 12.1 Å². The van der Waals surface area contributed by atoms with Crippen LogP contribution in [0.1, 0.15) is 33.8 Å². The van der Waals surface area contributed by atoms with Gasteiger partial charge in [-0.1, -0.05) is 35.9 Å². The fourth-order valence-corrected chi connectivity index (χ4v) is 2.77. The molecule has 0 saturated carbocycles. The lowest BCUT2D eigenvalue weighted by Gasteiger charge is -2.10. The minimum atomic E-state index is 0.0161. The second-order valence-electron chi connectivity index (χ2n) is 4.66. The molecule has 0 radical (unpaired) electrons. The summed E-state index contributed by atoms with van der Waals surface area (Å²) < 4.78 is 0. The zero-order valence-corrected chi connectivity index (χ0v) is 10.7. The van der Waals surface area contributed by atoms with Crippen molar-refractivity contribution in [1.29, 1.82) is 0 Å². The van der Waals surface area contributed by atoms with Gasteiger partial charge >= 0.3 is 0 Å². The van der Waals surface area contributed by atoms with E-state index in [1.165, 1.54) is 11.1 Å². The van der Waals surface area contributed by atoms with Crippen LogP contribution in [0.25, 0.3) is 0 Å². The Labute approximate surface area is 111 Å². The van der Waals surface area contributed by atoms with E-state index in [1.54, 1.807) is 12.1 Å². The molecule has 1 unspecified atom stereocenters. The number of carbonyl (C=O) groups is 1. The lowest BCUT2D eigenvalue weighted by atomic mass is 9.92. The Balaban J connectivity index is 1.93. The average molecular weight is 257 g/mol. The minimum Gasteiger partial charge on any atom is -0.293 e. The van der Waals surface area contributed by atoms with Crippen molar-refractivity contribution in [2.45, 2.75) is 18.8 Å². The van der Waals surface area contributed by atoms with Gasteiger partial charge in [0.2, 0.25) is 0 Å². The van der Waals surface area contributed by atoms with E-state index in [0.29, 0.717) is 5.02 Å². The van der Waals surface area contributed by atoms with Gasteiger partial charge in [0.25, 0.3) is 0 Å². The first kappa shape index (κ1) is 11.5. The summed E-state index contributed by atoms with van der Waals surface area (Å²) in [6, 6.07) is 15.4. The number of aryl methyl sites for hydroxylation is 1. The van der Waals surface area contributed by atoms with Crippen LogP contribution in [0.5, 0.6) is 0 Å². The van der Waals surface area contributed by atoms with Gasteiger partial charge in [0.1, 0.15) is 0 Å². The van der Waals surface area contributed by atoms with Crippen LogP contribution in [0.2, 0.25) is 5.02 Å². The van der Waals surface area contributed by atoms with Gasteiger partial charge in [-0.25, -0.2) is 0 Å². The summed E-state index contributed by atoms with van der Waals surface area (Å²) in [6.45, 7) is 0. The Morgan fingerprint density at radius 3 is 2.56 bits per heavy atom. The SMILES string of the molecule is O=C(c1ccc(Cl)cc1)C1CCc2ccccc21. The Hall–Kier alpha value is -1.60. The molecule has 0 N–H and O–H groups in total. The van der Waals surface area contributed by atoms with Crippen LogP contribution in [0.4, 0.5) is 0 Å². The van der Waals surface area contributed by atoms with Gasteiger partial charge in [-0.15, -0.1) is 0 Å². The Bertz CT molecular complexity index is 586. The summed E-state index contributed by atoms with van der Waals surface area (Å²) in [5.74, 6) is 0.221. The molecule has 2 heteroatoms. The topological polar surface area (TPSA) is 17.1 Å². The van der Waals surface area contributed by atoms with E-state index in [-0.39, 0.29) is 11.7 Å². The molecule has 0 bridgehead atoms. The minimum absolute atomic E-state index is 0.0161. The molecule has 1 atom stereocenters. The predicted octanol–water partition coefficient (Wildman–Crippen LogP) is 4.25. The second-order valence-corrected chi connectivity index (χ2v) is 5.10. The fraction of sp³-hybridized carbons (Fsp3) is 0.188. The van der Waals surface area contributed by atoms with Crippen LogP contribution in [0, 0.1) is 0 Å². The van der Waals surface area contributed by atoms with Crippen molar-refractivity contribution >= 4 is 17.4 Å². The molecule has 0 aliphatic heterocycles. The second kappa shape index (κ2) is 4.58. The predicted molar refractivity (Wildman–Crippen MR) is 73.3 cm³/mol. The fourth-order valence-electron chi connectivity index (χ4n) is 2.64. The molecule has 1 aliphatic carbocycles. The maximum atomic E-state index is 12.5. The molecule has 0 fully saturated rings. The van der Waals surface area contributed by atoms with Crippen LogP contribution < -0.4 is 0 Å². The van der Waals surface area contributed by atoms with Crippen LogP contribution >= 0.6 is 11.6 Å². The van der Waals surface area contributed by atoms with Crippen LogP contribution in [0.3, 0.4) is 0 Å². The summed E-state index contributed by atoms with van der Waals surface area (Å²) in [5, 5.41) is 0.665. The Kier molecular flexibility index (Phi) is 2.92. The highest BCUT2D eigenvalue weighted by atomic mass is 35.5. The molecule has 3 rings (SSSR count). The van der Waals surface area contributed by atoms with Crippen LogP contribution in [-0.4, -0.2) is 5.78 Å². The molecule has 1 aliphatic rings. The summed E-state index contributed by atoms with van der Waals surface area (Å²) in [4.78, 5) is 12.5. The molecule has 0 spiro atoms. The normalized spacial score (nSPS) is 17.5. The van der Waals surface area contributed by atoms with Crippen molar-refractivity contribution in [2.24, 2.45) is 0 Å². The van der Waals surface area contributed by atoms with Crippen molar-refractivity contribution in [1.82, 2.24) is 0 Å². The summed E-state index contributed by atoms with van der Waals surface area (Å²) in [5.41, 5.74) is 3.25. The molecular formula is C16H13ClO. The maximum absolute atomic E-state index is 12.5. The average Bonchev–Trinajstić information content (AvgIpc) is 2.82. The number of fused-ring (bicyclic) bond motifs is 1.